The molecule has 1 atom stereocenters. The molecule has 0 aliphatic heterocycles. The molecule has 2 rings (SSSR count). The predicted octanol–water partition coefficient (Wildman–Crippen LogP) is 1.66. The molecule has 3 N–H and O–H groups in total. The molecule has 0 spiro atoms. The van der Waals surface area contributed by atoms with E-state index in [4.69, 9.17) is 22.4 Å². The number of benzene rings is 1. The highest BCUT2D eigenvalue weighted by atomic mass is 32.2. The van der Waals surface area contributed by atoms with Gasteiger partial charge in [0.25, 0.3) is 0 Å². The van der Waals surface area contributed by atoms with Crippen molar-refractivity contribution in [3.8, 4) is 0 Å². The van der Waals surface area contributed by atoms with Crippen molar-refractivity contribution < 1.29 is 12.8 Å². The van der Waals surface area contributed by atoms with Crippen LogP contribution in [0, 0.1) is 6.92 Å². The van der Waals surface area contributed by atoms with Crippen LogP contribution in [-0.4, -0.2) is 18.4 Å². The second-order valence-electron chi connectivity index (χ2n) is 4.54. The van der Waals surface area contributed by atoms with E-state index in [0.29, 0.717) is 17.2 Å². The normalized spacial score (nSPS) is 13.0. The van der Waals surface area contributed by atoms with Crippen molar-refractivity contribution in [3.05, 3.63) is 47.7 Å². The van der Waals surface area contributed by atoms with Crippen molar-refractivity contribution in [1.82, 2.24) is 9.71 Å². The second-order valence-corrected chi connectivity index (χ2v) is 6.70. The maximum Gasteiger partial charge on any atom is 0.241 e. The van der Waals surface area contributed by atoms with Crippen LogP contribution in [0.3, 0.4) is 0 Å². The largest absolute Gasteiger partial charge is 0.444 e. The highest BCUT2D eigenvalue weighted by Crippen LogP contribution is 2.17. The number of thiocarbonyl (C=S) groups is 1. The summed E-state index contributed by atoms with van der Waals surface area (Å²) in [6.07, 6.45) is 1.54. The fourth-order valence-corrected chi connectivity index (χ4v) is 3.11. The molecule has 0 fully saturated rings. The van der Waals surface area contributed by atoms with Gasteiger partial charge in [0.1, 0.15) is 10.7 Å². The first-order valence-corrected chi connectivity index (χ1v) is 8.03. The van der Waals surface area contributed by atoms with Crippen LogP contribution in [0.1, 0.15) is 30.2 Å². The molecule has 0 amide bonds. The van der Waals surface area contributed by atoms with Crippen LogP contribution >= 0.6 is 12.2 Å². The minimum Gasteiger partial charge on any atom is -0.444 e. The lowest BCUT2D eigenvalue weighted by atomic mass is 10.2. The van der Waals surface area contributed by atoms with E-state index in [1.165, 1.54) is 18.3 Å². The molecule has 112 valence electrons. The Labute approximate surface area is 128 Å². The van der Waals surface area contributed by atoms with Gasteiger partial charge in [0.05, 0.1) is 17.1 Å². The minimum atomic E-state index is -3.72. The third-order valence-electron chi connectivity index (χ3n) is 2.77. The number of hydrogen-bond acceptors (Lipinski definition) is 5. The van der Waals surface area contributed by atoms with Crippen molar-refractivity contribution in [2.45, 2.75) is 24.8 Å². The SMILES string of the molecule is Cc1cnc(C(C)NS(=O)(=O)c2cccc(C(N)=S)c2)o1. The van der Waals surface area contributed by atoms with Crippen LogP contribution in [0.5, 0.6) is 0 Å². The molecule has 0 bridgehead atoms. The summed E-state index contributed by atoms with van der Waals surface area (Å²) < 4.78 is 32.5. The van der Waals surface area contributed by atoms with Crippen molar-refractivity contribution in [2.24, 2.45) is 5.73 Å². The fraction of sp³-hybridized carbons (Fsp3) is 0.231. The van der Waals surface area contributed by atoms with Crippen LogP contribution < -0.4 is 10.5 Å². The molecule has 0 saturated heterocycles. The summed E-state index contributed by atoms with van der Waals surface area (Å²) in [6, 6.07) is 5.55. The van der Waals surface area contributed by atoms with E-state index < -0.39 is 16.1 Å². The standard InChI is InChI=1S/C13H15N3O3S2/c1-8-7-15-13(19-8)9(2)16-21(17,18)11-5-3-4-10(6-11)12(14)20/h3-7,9,16H,1-2H3,(H2,14,20). The molecule has 1 heterocycles. The van der Waals surface area contributed by atoms with Gasteiger partial charge in [-0.15, -0.1) is 0 Å². The number of hydrogen-bond donors (Lipinski definition) is 2. The quantitative estimate of drug-likeness (QED) is 0.811. The third-order valence-corrected chi connectivity index (χ3v) is 4.54. The minimum absolute atomic E-state index is 0.0860. The number of nitrogens with one attached hydrogen (secondary N) is 1. The highest BCUT2D eigenvalue weighted by molar-refractivity contribution is 7.89. The molecule has 0 radical (unpaired) electrons. The third kappa shape index (κ3) is 3.66. The lowest BCUT2D eigenvalue weighted by molar-refractivity contribution is 0.428. The molecule has 2 aromatic rings. The van der Waals surface area contributed by atoms with Gasteiger partial charge < -0.3 is 10.2 Å². The number of oxazole rings is 1. The Balaban J connectivity index is 2.26. The van der Waals surface area contributed by atoms with Crippen LogP contribution in [0.25, 0.3) is 0 Å². The van der Waals surface area contributed by atoms with Gasteiger partial charge in [-0.3, -0.25) is 0 Å². The predicted molar refractivity (Wildman–Crippen MR) is 82.3 cm³/mol. The Bertz CT molecular complexity index is 768. The van der Waals surface area contributed by atoms with E-state index in [-0.39, 0.29) is 9.88 Å². The average Bonchev–Trinajstić information content (AvgIpc) is 2.85. The van der Waals surface area contributed by atoms with E-state index in [0.717, 1.165) is 0 Å². The molecule has 21 heavy (non-hydrogen) atoms. The van der Waals surface area contributed by atoms with Gasteiger partial charge in [0, 0.05) is 5.56 Å². The molecule has 1 aromatic carbocycles. The molecular formula is C13H15N3O3S2. The van der Waals surface area contributed by atoms with E-state index >= 15 is 0 Å². The van der Waals surface area contributed by atoms with Gasteiger partial charge in [-0.1, -0.05) is 24.4 Å². The van der Waals surface area contributed by atoms with Crippen molar-refractivity contribution in [1.29, 1.82) is 0 Å². The van der Waals surface area contributed by atoms with Crippen LogP contribution in [0.15, 0.2) is 39.8 Å². The summed E-state index contributed by atoms with van der Waals surface area (Å²) in [5.41, 5.74) is 6.01. The van der Waals surface area contributed by atoms with E-state index in [9.17, 15) is 8.42 Å². The van der Waals surface area contributed by atoms with Gasteiger partial charge in [0.2, 0.25) is 15.9 Å². The number of nitrogens with two attached hydrogens (primary N) is 1. The molecule has 6 nitrogen and oxygen atoms in total. The first-order valence-electron chi connectivity index (χ1n) is 6.14. The lowest BCUT2D eigenvalue weighted by Gasteiger charge is -2.12. The van der Waals surface area contributed by atoms with Gasteiger partial charge >= 0.3 is 0 Å². The molecule has 8 heteroatoms. The zero-order valence-electron chi connectivity index (χ0n) is 11.5. The summed E-state index contributed by atoms with van der Waals surface area (Å²) in [5, 5.41) is 0. The second kappa shape index (κ2) is 5.92. The maximum absolute atomic E-state index is 12.3. The summed E-state index contributed by atoms with van der Waals surface area (Å²) in [4.78, 5) is 4.23. The number of aryl methyl sites for hydroxylation is 1. The van der Waals surface area contributed by atoms with Crippen LogP contribution in [0.4, 0.5) is 0 Å². The Hall–Kier alpha value is -1.77. The number of aromatic nitrogens is 1. The van der Waals surface area contributed by atoms with Gasteiger partial charge in [-0.2, -0.15) is 4.72 Å². The molecule has 0 aliphatic carbocycles. The number of nitrogens with zero attached hydrogens (tertiary/aromatic N) is 1. The van der Waals surface area contributed by atoms with Crippen molar-refractivity contribution >= 4 is 27.2 Å². The van der Waals surface area contributed by atoms with E-state index in [2.05, 4.69) is 9.71 Å². The van der Waals surface area contributed by atoms with Crippen molar-refractivity contribution in [3.63, 3.8) is 0 Å². The highest BCUT2D eigenvalue weighted by Gasteiger charge is 2.21. The zero-order valence-corrected chi connectivity index (χ0v) is 13.2. The zero-order chi connectivity index (χ0) is 15.6. The Kier molecular flexibility index (Phi) is 4.40. The average molecular weight is 325 g/mol. The molecule has 1 unspecified atom stereocenters. The first-order chi connectivity index (χ1) is 9.79. The topological polar surface area (TPSA) is 98.2 Å². The Morgan fingerprint density at radius 1 is 1.48 bits per heavy atom. The molecule has 0 saturated carbocycles. The Morgan fingerprint density at radius 2 is 2.19 bits per heavy atom. The maximum atomic E-state index is 12.3. The summed E-state index contributed by atoms with van der Waals surface area (Å²) in [6.45, 7) is 3.39. The summed E-state index contributed by atoms with van der Waals surface area (Å²) >= 11 is 4.85. The van der Waals surface area contributed by atoms with Gasteiger partial charge in [-0.25, -0.2) is 13.4 Å². The van der Waals surface area contributed by atoms with Crippen LogP contribution in [0.2, 0.25) is 0 Å². The molecule has 1 aromatic heterocycles. The lowest BCUT2D eigenvalue weighted by Crippen LogP contribution is -2.27. The monoisotopic (exact) mass is 325 g/mol. The number of rotatable bonds is 5. The van der Waals surface area contributed by atoms with Gasteiger partial charge in [0.15, 0.2) is 0 Å². The molecular weight excluding hydrogens is 310 g/mol. The first kappa shape index (κ1) is 15.6. The van der Waals surface area contributed by atoms with Crippen LogP contribution in [-0.2, 0) is 10.0 Å². The Morgan fingerprint density at radius 3 is 2.76 bits per heavy atom. The van der Waals surface area contributed by atoms with Crippen molar-refractivity contribution in [2.75, 3.05) is 0 Å². The van der Waals surface area contributed by atoms with Gasteiger partial charge in [-0.05, 0) is 26.0 Å². The smallest absolute Gasteiger partial charge is 0.241 e. The summed E-state index contributed by atoms with van der Waals surface area (Å²) in [7, 11) is -3.72. The summed E-state index contributed by atoms with van der Waals surface area (Å²) in [5.74, 6) is 0.924. The number of sulfonamides is 1. The molecule has 0 aliphatic rings. The van der Waals surface area contributed by atoms with E-state index in [1.807, 2.05) is 0 Å². The van der Waals surface area contributed by atoms with E-state index in [1.54, 1.807) is 26.0 Å². The fourth-order valence-electron chi connectivity index (χ4n) is 1.74.